The normalized spacial score (nSPS) is 10.9. The second-order valence-electron chi connectivity index (χ2n) is 4.12. The van der Waals surface area contributed by atoms with Gasteiger partial charge < -0.3 is 4.74 Å². The SMILES string of the molecule is Fc1ccc(Oc2ncnc3ccc(Br)cc23)c(F)c1Cl. The molecule has 0 aliphatic rings. The molecule has 0 amide bonds. The van der Waals surface area contributed by atoms with Crippen LogP contribution in [0.3, 0.4) is 0 Å². The summed E-state index contributed by atoms with van der Waals surface area (Å²) in [5.74, 6) is -1.88. The molecule has 1 heterocycles. The van der Waals surface area contributed by atoms with Crippen LogP contribution in [-0.2, 0) is 0 Å². The molecule has 106 valence electrons. The molecular formula is C14H6BrClF2N2O. The number of hydrogen-bond donors (Lipinski definition) is 0. The van der Waals surface area contributed by atoms with E-state index >= 15 is 0 Å². The summed E-state index contributed by atoms with van der Waals surface area (Å²) in [6, 6.07) is 7.51. The number of fused-ring (bicyclic) bond motifs is 1. The molecule has 0 radical (unpaired) electrons. The zero-order valence-corrected chi connectivity index (χ0v) is 12.6. The summed E-state index contributed by atoms with van der Waals surface area (Å²) < 4.78 is 33.2. The Balaban J connectivity index is 2.10. The molecule has 0 aliphatic carbocycles. The second-order valence-corrected chi connectivity index (χ2v) is 5.41. The standard InChI is InChI=1S/C14H6BrClF2N2O/c15-7-1-3-10-8(5-7)14(20-6-19-10)21-11-4-2-9(17)12(16)13(11)18/h1-6H. The Morgan fingerprint density at radius 3 is 2.71 bits per heavy atom. The number of hydrogen-bond acceptors (Lipinski definition) is 3. The summed E-state index contributed by atoms with van der Waals surface area (Å²) in [6.45, 7) is 0. The Morgan fingerprint density at radius 2 is 1.90 bits per heavy atom. The van der Waals surface area contributed by atoms with Crippen molar-refractivity contribution in [1.29, 1.82) is 0 Å². The predicted octanol–water partition coefficient (Wildman–Crippen LogP) is 5.12. The summed E-state index contributed by atoms with van der Waals surface area (Å²) in [5.41, 5.74) is 0.636. The van der Waals surface area contributed by atoms with Gasteiger partial charge in [-0.2, -0.15) is 0 Å². The molecule has 3 nitrogen and oxygen atoms in total. The van der Waals surface area contributed by atoms with E-state index in [0.29, 0.717) is 10.9 Å². The van der Waals surface area contributed by atoms with Crippen molar-refractivity contribution >= 4 is 38.4 Å². The summed E-state index contributed by atoms with van der Waals surface area (Å²) in [6.07, 6.45) is 1.30. The van der Waals surface area contributed by atoms with Gasteiger partial charge in [0.25, 0.3) is 0 Å². The van der Waals surface area contributed by atoms with Crippen molar-refractivity contribution in [3.8, 4) is 11.6 Å². The summed E-state index contributed by atoms with van der Waals surface area (Å²) in [4.78, 5) is 8.07. The molecule has 0 bridgehead atoms. The Kier molecular flexibility index (Phi) is 3.73. The first-order valence-electron chi connectivity index (χ1n) is 5.78. The largest absolute Gasteiger partial charge is 0.435 e. The van der Waals surface area contributed by atoms with E-state index in [0.717, 1.165) is 16.6 Å². The lowest BCUT2D eigenvalue weighted by Crippen LogP contribution is -1.95. The minimum absolute atomic E-state index is 0.155. The molecule has 0 N–H and O–H groups in total. The maximum atomic E-state index is 13.9. The summed E-state index contributed by atoms with van der Waals surface area (Å²) in [7, 11) is 0. The van der Waals surface area contributed by atoms with Crippen LogP contribution in [0, 0.1) is 11.6 Å². The van der Waals surface area contributed by atoms with E-state index in [1.54, 1.807) is 12.1 Å². The first kappa shape index (κ1) is 14.2. The number of halogens is 4. The van der Waals surface area contributed by atoms with Gasteiger partial charge in [0.15, 0.2) is 11.6 Å². The molecule has 21 heavy (non-hydrogen) atoms. The highest BCUT2D eigenvalue weighted by atomic mass is 79.9. The minimum atomic E-state index is -0.974. The average Bonchev–Trinajstić information content (AvgIpc) is 2.48. The predicted molar refractivity (Wildman–Crippen MR) is 78.7 cm³/mol. The third-order valence-electron chi connectivity index (χ3n) is 2.77. The number of benzene rings is 2. The fourth-order valence-electron chi connectivity index (χ4n) is 1.78. The van der Waals surface area contributed by atoms with Crippen LogP contribution in [0.4, 0.5) is 8.78 Å². The lowest BCUT2D eigenvalue weighted by molar-refractivity contribution is 0.428. The monoisotopic (exact) mass is 370 g/mol. The van der Waals surface area contributed by atoms with Crippen LogP contribution in [0.5, 0.6) is 11.6 Å². The first-order valence-corrected chi connectivity index (χ1v) is 6.95. The Hall–Kier alpha value is -1.79. The molecule has 1 aromatic heterocycles. The van der Waals surface area contributed by atoms with Gasteiger partial charge in [-0.05, 0) is 30.3 Å². The van der Waals surface area contributed by atoms with Gasteiger partial charge in [0.1, 0.15) is 17.2 Å². The fraction of sp³-hybridized carbons (Fsp3) is 0. The minimum Gasteiger partial charge on any atom is -0.435 e. The van der Waals surface area contributed by atoms with Crippen molar-refractivity contribution < 1.29 is 13.5 Å². The lowest BCUT2D eigenvalue weighted by Gasteiger charge is -2.09. The van der Waals surface area contributed by atoms with Crippen LogP contribution < -0.4 is 4.74 Å². The van der Waals surface area contributed by atoms with Crippen LogP contribution in [0.1, 0.15) is 0 Å². The Bertz CT molecular complexity index is 845. The van der Waals surface area contributed by atoms with E-state index in [1.165, 1.54) is 6.33 Å². The van der Waals surface area contributed by atoms with Gasteiger partial charge in [-0.1, -0.05) is 27.5 Å². The molecule has 0 unspecified atom stereocenters. The Labute approximate surface area is 131 Å². The van der Waals surface area contributed by atoms with Gasteiger partial charge in [0.05, 0.1) is 10.9 Å². The van der Waals surface area contributed by atoms with E-state index in [2.05, 4.69) is 25.9 Å². The van der Waals surface area contributed by atoms with Crippen LogP contribution in [0.15, 0.2) is 41.1 Å². The van der Waals surface area contributed by atoms with Crippen molar-refractivity contribution in [2.45, 2.75) is 0 Å². The van der Waals surface area contributed by atoms with Crippen molar-refractivity contribution in [1.82, 2.24) is 9.97 Å². The van der Waals surface area contributed by atoms with Crippen molar-refractivity contribution in [3.63, 3.8) is 0 Å². The third kappa shape index (κ3) is 2.69. The number of rotatable bonds is 2. The highest BCUT2D eigenvalue weighted by Gasteiger charge is 2.15. The second kappa shape index (κ2) is 5.54. The molecule has 3 aromatic rings. The van der Waals surface area contributed by atoms with E-state index in [9.17, 15) is 8.78 Å². The smallest absolute Gasteiger partial charge is 0.230 e. The van der Waals surface area contributed by atoms with Crippen LogP contribution >= 0.6 is 27.5 Å². The molecule has 0 fully saturated rings. The topological polar surface area (TPSA) is 35.0 Å². The van der Waals surface area contributed by atoms with Gasteiger partial charge in [-0.25, -0.2) is 18.7 Å². The van der Waals surface area contributed by atoms with E-state index < -0.39 is 16.7 Å². The average molecular weight is 372 g/mol. The molecule has 0 atom stereocenters. The van der Waals surface area contributed by atoms with Crippen LogP contribution in [0.25, 0.3) is 10.9 Å². The van der Waals surface area contributed by atoms with E-state index in [1.807, 2.05) is 6.07 Å². The quantitative estimate of drug-likeness (QED) is 0.587. The van der Waals surface area contributed by atoms with Gasteiger partial charge in [0, 0.05) is 4.47 Å². The van der Waals surface area contributed by atoms with Crippen molar-refractivity contribution in [2.75, 3.05) is 0 Å². The zero-order chi connectivity index (χ0) is 15.0. The maximum Gasteiger partial charge on any atom is 0.230 e. The third-order valence-corrected chi connectivity index (χ3v) is 3.61. The Morgan fingerprint density at radius 1 is 1.10 bits per heavy atom. The van der Waals surface area contributed by atoms with Gasteiger partial charge >= 0.3 is 0 Å². The highest BCUT2D eigenvalue weighted by molar-refractivity contribution is 9.10. The van der Waals surface area contributed by atoms with Gasteiger partial charge in [-0.15, -0.1) is 0 Å². The first-order chi connectivity index (χ1) is 10.1. The molecule has 0 saturated heterocycles. The maximum absolute atomic E-state index is 13.9. The molecule has 0 spiro atoms. The van der Waals surface area contributed by atoms with E-state index in [4.69, 9.17) is 16.3 Å². The number of nitrogens with zero attached hydrogens (tertiary/aromatic N) is 2. The fourth-order valence-corrected chi connectivity index (χ4v) is 2.29. The van der Waals surface area contributed by atoms with Crippen molar-refractivity contribution in [2.24, 2.45) is 0 Å². The van der Waals surface area contributed by atoms with Crippen molar-refractivity contribution in [3.05, 3.63) is 57.8 Å². The summed E-state index contributed by atoms with van der Waals surface area (Å²) in [5, 5.41) is -0.0289. The molecule has 2 aromatic carbocycles. The van der Waals surface area contributed by atoms with Gasteiger partial charge in [-0.3, -0.25) is 0 Å². The molecule has 0 saturated carbocycles. The van der Waals surface area contributed by atoms with E-state index in [-0.39, 0.29) is 11.6 Å². The zero-order valence-electron chi connectivity index (χ0n) is 10.3. The number of ether oxygens (including phenoxy) is 1. The lowest BCUT2D eigenvalue weighted by atomic mass is 10.2. The molecule has 7 heteroatoms. The van der Waals surface area contributed by atoms with Crippen LogP contribution in [0.2, 0.25) is 5.02 Å². The summed E-state index contributed by atoms with van der Waals surface area (Å²) >= 11 is 8.85. The molecule has 3 rings (SSSR count). The van der Waals surface area contributed by atoms with Gasteiger partial charge in [0.2, 0.25) is 5.88 Å². The highest BCUT2D eigenvalue weighted by Crippen LogP contribution is 2.33. The van der Waals surface area contributed by atoms with Crippen LogP contribution in [-0.4, -0.2) is 9.97 Å². The molecular weight excluding hydrogens is 366 g/mol. The molecule has 0 aliphatic heterocycles. The number of aromatic nitrogens is 2.